The quantitative estimate of drug-likeness (QED) is 0.823. The predicted octanol–water partition coefficient (Wildman–Crippen LogP) is 3.00. The molecule has 2 aromatic rings. The molecule has 4 nitrogen and oxygen atoms in total. The Morgan fingerprint density at radius 2 is 1.82 bits per heavy atom. The van der Waals surface area contributed by atoms with E-state index in [1.165, 1.54) is 11.1 Å². The van der Waals surface area contributed by atoms with Gasteiger partial charge in [-0.25, -0.2) is 0 Å². The molecule has 0 saturated carbocycles. The number of hydrogen-bond donors (Lipinski definition) is 0. The molecule has 0 atom stereocenters. The van der Waals surface area contributed by atoms with Crippen molar-refractivity contribution < 1.29 is 9.21 Å². The Morgan fingerprint density at radius 1 is 1.14 bits per heavy atom. The molecule has 2 rings (SSSR count). The van der Waals surface area contributed by atoms with Crippen molar-refractivity contribution in [2.45, 2.75) is 27.2 Å². The van der Waals surface area contributed by atoms with Crippen LogP contribution in [-0.4, -0.2) is 49.4 Å². The van der Waals surface area contributed by atoms with Crippen LogP contribution < -0.4 is 0 Å². The Balaban J connectivity index is 2.15. The number of amides is 1. The highest BCUT2D eigenvalue weighted by Gasteiger charge is 2.16. The number of carbonyl (C=O) groups excluding carboxylic acids is 1. The highest BCUT2D eigenvalue weighted by atomic mass is 16.3. The van der Waals surface area contributed by atoms with Crippen LogP contribution in [0.25, 0.3) is 11.0 Å². The molecule has 0 N–H and O–H groups in total. The molecular formula is C18H26N2O2. The summed E-state index contributed by atoms with van der Waals surface area (Å²) in [6, 6.07) is 4.16. The molecule has 1 aromatic heterocycles. The minimum Gasteiger partial charge on any atom is -0.464 e. The highest BCUT2D eigenvalue weighted by Crippen LogP contribution is 2.25. The number of fused-ring (bicyclic) bond motifs is 1. The monoisotopic (exact) mass is 302 g/mol. The van der Waals surface area contributed by atoms with Gasteiger partial charge in [0.2, 0.25) is 5.91 Å². The molecule has 0 aliphatic carbocycles. The third-order valence-corrected chi connectivity index (χ3v) is 4.16. The predicted molar refractivity (Wildman–Crippen MR) is 90.2 cm³/mol. The SMILES string of the molecule is CCN(CCN(C)C)C(=O)Cc1coc2cc(C)c(C)cc12. The summed E-state index contributed by atoms with van der Waals surface area (Å²) in [6.45, 7) is 8.56. The van der Waals surface area contributed by atoms with Crippen molar-refractivity contribution >= 4 is 16.9 Å². The normalized spacial score (nSPS) is 11.4. The van der Waals surface area contributed by atoms with E-state index in [1.54, 1.807) is 6.26 Å². The van der Waals surface area contributed by atoms with E-state index in [9.17, 15) is 4.79 Å². The van der Waals surface area contributed by atoms with E-state index in [0.29, 0.717) is 6.42 Å². The number of hydrogen-bond acceptors (Lipinski definition) is 3. The fourth-order valence-corrected chi connectivity index (χ4v) is 2.53. The topological polar surface area (TPSA) is 36.7 Å². The number of benzene rings is 1. The lowest BCUT2D eigenvalue weighted by atomic mass is 10.0. The second-order valence-corrected chi connectivity index (χ2v) is 6.15. The van der Waals surface area contributed by atoms with Crippen molar-refractivity contribution in [2.75, 3.05) is 33.7 Å². The van der Waals surface area contributed by atoms with Crippen molar-refractivity contribution in [3.05, 3.63) is 35.1 Å². The van der Waals surface area contributed by atoms with Gasteiger partial charge in [-0.3, -0.25) is 4.79 Å². The molecule has 0 bridgehead atoms. The van der Waals surface area contributed by atoms with Crippen molar-refractivity contribution in [1.82, 2.24) is 9.80 Å². The van der Waals surface area contributed by atoms with Gasteiger partial charge in [0.1, 0.15) is 5.58 Å². The Morgan fingerprint density at radius 3 is 2.45 bits per heavy atom. The number of aryl methyl sites for hydroxylation is 2. The van der Waals surface area contributed by atoms with Crippen LogP contribution in [0.2, 0.25) is 0 Å². The molecule has 0 aliphatic heterocycles. The zero-order valence-electron chi connectivity index (χ0n) is 14.3. The first kappa shape index (κ1) is 16.6. The lowest BCUT2D eigenvalue weighted by Crippen LogP contribution is -2.37. The van der Waals surface area contributed by atoms with Crippen LogP contribution in [0.4, 0.5) is 0 Å². The van der Waals surface area contributed by atoms with E-state index < -0.39 is 0 Å². The number of carbonyl (C=O) groups is 1. The number of nitrogens with zero attached hydrogens (tertiary/aromatic N) is 2. The highest BCUT2D eigenvalue weighted by molar-refractivity contribution is 5.88. The third kappa shape index (κ3) is 3.69. The minimum absolute atomic E-state index is 0.158. The Kier molecular flexibility index (Phi) is 5.24. The Labute approximate surface area is 132 Å². The fourth-order valence-electron chi connectivity index (χ4n) is 2.53. The Bertz CT molecular complexity index is 658. The van der Waals surface area contributed by atoms with Crippen molar-refractivity contribution in [2.24, 2.45) is 0 Å². The zero-order valence-corrected chi connectivity index (χ0v) is 14.3. The average molecular weight is 302 g/mol. The molecule has 4 heteroatoms. The van der Waals surface area contributed by atoms with E-state index in [1.807, 2.05) is 32.0 Å². The molecule has 0 fully saturated rings. The third-order valence-electron chi connectivity index (χ3n) is 4.16. The number of furan rings is 1. The summed E-state index contributed by atoms with van der Waals surface area (Å²) in [7, 11) is 4.04. The maximum absolute atomic E-state index is 12.5. The van der Waals surface area contributed by atoms with Gasteiger partial charge in [-0.05, 0) is 58.1 Å². The molecule has 1 aromatic carbocycles. The van der Waals surface area contributed by atoms with Crippen LogP contribution in [0.5, 0.6) is 0 Å². The van der Waals surface area contributed by atoms with Gasteiger partial charge in [-0.15, -0.1) is 0 Å². The fraction of sp³-hybridized carbons (Fsp3) is 0.500. The van der Waals surface area contributed by atoms with Crippen LogP contribution in [0.3, 0.4) is 0 Å². The maximum Gasteiger partial charge on any atom is 0.227 e. The van der Waals surface area contributed by atoms with Gasteiger partial charge in [0.25, 0.3) is 0 Å². The molecule has 1 heterocycles. The summed E-state index contributed by atoms with van der Waals surface area (Å²) < 4.78 is 5.62. The van der Waals surface area contributed by atoms with Crippen molar-refractivity contribution in [3.8, 4) is 0 Å². The van der Waals surface area contributed by atoms with Gasteiger partial charge in [0.15, 0.2) is 0 Å². The minimum atomic E-state index is 0.158. The Hall–Kier alpha value is -1.81. The van der Waals surface area contributed by atoms with Crippen LogP contribution in [0.1, 0.15) is 23.6 Å². The number of rotatable bonds is 6. The summed E-state index contributed by atoms with van der Waals surface area (Å²) in [5.41, 5.74) is 4.28. The van der Waals surface area contributed by atoms with Gasteiger partial charge in [0, 0.05) is 30.6 Å². The standard InChI is InChI=1S/C18H26N2O2/c1-6-20(8-7-19(4)5)18(21)11-15-12-22-17-10-14(3)13(2)9-16(15)17/h9-10,12H,6-8,11H2,1-5H3. The molecule has 22 heavy (non-hydrogen) atoms. The number of likely N-dealkylation sites (N-methyl/N-ethyl adjacent to an activating group) is 2. The molecule has 1 amide bonds. The molecule has 0 saturated heterocycles. The summed E-state index contributed by atoms with van der Waals surface area (Å²) in [5, 5.41) is 1.06. The molecule has 0 unspecified atom stereocenters. The summed E-state index contributed by atoms with van der Waals surface area (Å²) in [4.78, 5) is 16.5. The molecule has 120 valence electrons. The van der Waals surface area contributed by atoms with E-state index >= 15 is 0 Å². The van der Waals surface area contributed by atoms with Gasteiger partial charge < -0.3 is 14.2 Å². The first-order valence-electron chi connectivity index (χ1n) is 7.82. The van der Waals surface area contributed by atoms with Gasteiger partial charge >= 0.3 is 0 Å². The van der Waals surface area contributed by atoms with Crippen molar-refractivity contribution in [3.63, 3.8) is 0 Å². The molecule has 0 aliphatic rings. The maximum atomic E-state index is 12.5. The van der Waals surface area contributed by atoms with Crippen molar-refractivity contribution in [1.29, 1.82) is 0 Å². The lowest BCUT2D eigenvalue weighted by Gasteiger charge is -2.22. The summed E-state index contributed by atoms with van der Waals surface area (Å²) in [6.07, 6.45) is 2.12. The van der Waals surface area contributed by atoms with E-state index in [2.05, 4.69) is 24.8 Å². The second kappa shape index (κ2) is 6.97. The summed E-state index contributed by atoms with van der Waals surface area (Å²) >= 11 is 0. The smallest absolute Gasteiger partial charge is 0.227 e. The van der Waals surface area contributed by atoms with Gasteiger partial charge in [-0.2, -0.15) is 0 Å². The van der Waals surface area contributed by atoms with E-state index in [-0.39, 0.29) is 5.91 Å². The zero-order chi connectivity index (χ0) is 16.3. The first-order valence-corrected chi connectivity index (χ1v) is 7.82. The largest absolute Gasteiger partial charge is 0.464 e. The van der Waals surface area contributed by atoms with E-state index in [4.69, 9.17) is 4.42 Å². The van der Waals surface area contributed by atoms with Crippen LogP contribution in [-0.2, 0) is 11.2 Å². The first-order chi connectivity index (χ1) is 10.4. The van der Waals surface area contributed by atoms with E-state index in [0.717, 1.165) is 36.2 Å². The lowest BCUT2D eigenvalue weighted by molar-refractivity contribution is -0.130. The van der Waals surface area contributed by atoms with Gasteiger partial charge in [-0.1, -0.05) is 0 Å². The van der Waals surface area contributed by atoms with Gasteiger partial charge in [0.05, 0.1) is 12.7 Å². The second-order valence-electron chi connectivity index (χ2n) is 6.15. The van der Waals surface area contributed by atoms with Crippen LogP contribution in [0.15, 0.2) is 22.8 Å². The average Bonchev–Trinajstić information content (AvgIpc) is 2.82. The van der Waals surface area contributed by atoms with Crippen LogP contribution >= 0.6 is 0 Å². The van der Waals surface area contributed by atoms with Crippen LogP contribution in [0, 0.1) is 13.8 Å². The molecule has 0 radical (unpaired) electrons. The molecule has 0 spiro atoms. The molecular weight excluding hydrogens is 276 g/mol. The summed E-state index contributed by atoms with van der Waals surface area (Å²) in [5.74, 6) is 0.158.